The number of hydrogen-bond acceptors (Lipinski definition) is 6. The van der Waals surface area contributed by atoms with Crippen LogP contribution in [0.15, 0.2) is 60.2 Å². The van der Waals surface area contributed by atoms with Gasteiger partial charge in [0.15, 0.2) is 18.1 Å². The number of amides is 5. The number of aryl methyl sites for hydroxylation is 1. The second-order valence-corrected chi connectivity index (χ2v) is 10.4. The van der Waals surface area contributed by atoms with Gasteiger partial charge in [0.25, 0.3) is 17.7 Å². The molecule has 206 valence electrons. The van der Waals surface area contributed by atoms with Gasteiger partial charge >= 0.3 is 6.03 Å². The number of anilines is 2. The van der Waals surface area contributed by atoms with Gasteiger partial charge < -0.3 is 14.8 Å². The summed E-state index contributed by atoms with van der Waals surface area (Å²) >= 11 is 8.06. The van der Waals surface area contributed by atoms with E-state index in [2.05, 4.69) is 10.6 Å². The maximum Gasteiger partial charge on any atom is 0.335 e. The lowest BCUT2D eigenvalue weighted by molar-refractivity contribution is -0.122. The zero-order valence-corrected chi connectivity index (χ0v) is 24.8. The van der Waals surface area contributed by atoms with Crippen molar-refractivity contribution in [2.75, 3.05) is 23.4 Å². The molecular formula is C29H25ClIN3O6. The Morgan fingerprint density at radius 2 is 1.82 bits per heavy atom. The van der Waals surface area contributed by atoms with Crippen molar-refractivity contribution in [1.29, 1.82) is 0 Å². The smallest absolute Gasteiger partial charge is 0.335 e. The van der Waals surface area contributed by atoms with E-state index in [0.717, 1.165) is 16.0 Å². The Morgan fingerprint density at radius 1 is 1.07 bits per heavy atom. The molecule has 1 aliphatic heterocycles. The van der Waals surface area contributed by atoms with E-state index in [0.29, 0.717) is 37.9 Å². The quantitative estimate of drug-likeness (QED) is 0.182. The van der Waals surface area contributed by atoms with Gasteiger partial charge in [-0.3, -0.25) is 19.7 Å². The first-order valence-electron chi connectivity index (χ1n) is 12.2. The van der Waals surface area contributed by atoms with Crippen LogP contribution in [0, 0.1) is 17.4 Å². The van der Waals surface area contributed by atoms with Crippen molar-refractivity contribution in [3.8, 4) is 11.5 Å². The van der Waals surface area contributed by atoms with E-state index in [4.69, 9.17) is 21.1 Å². The molecule has 1 aliphatic rings. The number of urea groups is 1. The van der Waals surface area contributed by atoms with Crippen molar-refractivity contribution in [1.82, 2.24) is 5.32 Å². The van der Waals surface area contributed by atoms with Gasteiger partial charge in [0.05, 0.1) is 15.9 Å². The molecule has 0 spiro atoms. The van der Waals surface area contributed by atoms with Gasteiger partial charge in [0.2, 0.25) is 0 Å². The van der Waals surface area contributed by atoms with Gasteiger partial charge in [-0.25, -0.2) is 9.69 Å². The molecular weight excluding hydrogens is 649 g/mol. The van der Waals surface area contributed by atoms with Crippen LogP contribution in [-0.2, 0) is 14.4 Å². The summed E-state index contributed by atoms with van der Waals surface area (Å²) in [6.07, 6.45) is 1.36. The van der Waals surface area contributed by atoms with Crippen molar-refractivity contribution in [2.24, 2.45) is 0 Å². The summed E-state index contributed by atoms with van der Waals surface area (Å²) in [6, 6.07) is 14.2. The van der Waals surface area contributed by atoms with Crippen LogP contribution in [0.25, 0.3) is 6.08 Å². The molecule has 0 saturated carbocycles. The summed E-state index contributed by atoms with van der Waals surface area (Å²) in [4.78, 5) is 51.8. The Hall–Kier alpha value is -3.90. The monoisotopic (exact) mass is 673 g/mol. The number of rotatable bonds is 8. The van der Waals surface area contributed by atoms with Crippen LogP contribution in [0.1, 0.15) is 23.6 Å². The highest BCUT2D eigenvalue weighted by atomic mass is 127. The van der Waals surface area contributed by atoms with Crippen LogP contribution in [0.4, 0.5) is 16.2 Å². The molecule has 9 nitrogen and oxygen atoms in total. The van der Waals surface area contributed by atoms with Crippen molar-refractivity contribution in [3.63, 3.8) is 0 Å². The Labute approximate surface area is 249 Å². The van der Waals surface area contributed by atoms with Crippen LogP contribution in [0.5, 0.6) is 11.5 Å². The number of hydrogen-bond donors (Lipinski definition) is 2. The first-order chi connectivity index (χ1) is 19.1. The second kappa shape index (κ2) is 12.5. The number of imide groups is 2. The van der Waals surface area contributed by atoms with Gasteiger partial charge in [-0.1, -0.05) is 29.8 Å². The maximum atomic E-state index is 13.2. The molecule has 4 rings (SSSR count). The highest BCUT2D eigenvalue weighted by Crippen LogP contribution is 2.35. The molecule has 0 aliphatic carbocycles. The largest absolute Gasteiger partial charge is 0.490 e. The minimum absolute atomic E-state index is 0.223. The summed E-state index contributed by atoms with van der Waals surface area (Å²) in [5, 5.41) is 5.37. The van der Waals surface area contributed by atoms with Crippen LogP contribution in [0.3, 0.4) is 0 Å². The molecule has 11 heteroatoms. The van der Waals surface area contributed by atoms with E-state index in [9.17, 15) is 19.2 Å². The molecule has 0 radical (unpaired) electrons. The highest BCUT2D eigenvalue weighted by Gasteiger charge is 2.37. The van der Waals surface area contributed by atoms with Crippen LogP contribution < -0.4 is 25.0 Å². The zero-order chi connectivity index (χ0) is 29.0. The number of nitrogens with zero attached hydrogens (tertiary/aromatic N) is 1. The van der Waals surface area contributed by atoms with Crippen molar-refractivity contribution in [3.05, 3.63) is 85.5 Å². The molecule has 5 amide bonds. The minimum atomic E-state index is -0.873. The fourth-order valence-corrected chi connectivity index (χ4v) is 4.92. The summed E-state index contributed by atoms with van der Waals surface area (Å²) in [5.74, 6) is -1.30. The topological polar surface area (TPSA) is 114 Å². The number of barbiturate groups is 1. The second-order valence-electron chi connectivity index (χ2n) is 8.79. The number of carbonyl (C=O) groups excluding carboxylic acids is 4. The highest BCUT2D eigenvalue weighted by molar-refractivity contribution is 14.1. The van der Waals surface area contributed by atoms with Crippen LogP contribution >= 0.6 is 34.2 Å². The standard InChI is InChI=1S/C29H25ClIN3O6/c1-4-39-24-13-18(11-21-27(36)33-29(38)34(28(21)37)20-9-6-8-19(30)14-20)12-22(31)26(24)40-15-25(35)32-23-10-5-7-16(2)17(23)3/h5-14H,4,15H2,1-3H3,(H,32,35)(H,33,36,38)/b21-11+. The third kappa shape index (κ3) is 6.45. The maximum absolute atomic E-state index is 13.2. The zero-order valence-electron chi connectivity index (χ0n) is 21.8. The Morgan fingerprint density at radius 3 is 2.55 bits per heavy atom. The molecule has 0 atom stereocenters. The van der Waals surface area contributed by atoms with E-state index in [1.165, 1.54) is 18.2 Å². The Bertz CT molecular complexity index is 1550. The van der Waals surface area contributed by atoms with Gasteiger partial charge in [-0.05, 0) is 103 Å². The van der Waals surface area contributed by atoms with E-state index >= 15 is 0 Å². The fraction of sp³-hybridized carbons (Fsp3) is 0.172. The lowest BCUT2D eigenvalue weighted by Crippen LogP contribution is -2.54. The average Bonchev–Trinajstić information content (AvgIpc) is 2.89. The molecule has 1 heterocycles. The van der Waals surface area contributed by atoms with Gasteiger partial charge in [0.1, 0.15) is 5.57 Å². The van der Waals surface area contributed by atoms with Crippen LogP contribution in [-0.4, -0.2) is 37.0 Å². The molecule has 3 aromatic carbocycles. The third-order valence-electron chi connectivity index (χ3n) is 6.04. The molecule has 0 unspecified atom stereocenters. The molecule has 1 saturated heterocycles. The normalized spacial score (nSPS) is 14.3. The van der Waals surface area contributed by atoms with E-state index < -0.39 is 17.8 Å². The first kappa shape index (κ1) is 29.1. The summed E-state index contributed by atoms with van der Waals surface area (Å²) in [7, 11) is 0. The molecule has 1 fully saturated rings. The van der Waals surface area contributed by atoms with Gasteiger partial charge in [-0.15, -0.1) is 0 Å². The molecule has 0 bridgehead atoms. The number of halogens is 2. The number of nitrogens with one attached hydrogen (secondary N) is 2. The van der Waals surface area contributed by atoms with E-state index in [-0.39, 0.29) is 23.8 Å². The lowest BCUT2D eigenvalue weighted by atomic mass is 10.1. The number of ether oxygens (including phenoxy) is 2. The molecule has 0 aromatic heterocycles. The lowest BCUT2D eigenvalue weighted by Gasteiger charge is -2.26. The molecule has 2 N–H and O–H groups in total. The predicted molar refractivity (Wildman–Crippen MR) is 161 cm³/mol. The fourth-order valence-electron chi connectivity index (χ4n) is 3.96. The van der Waals surface area contributed by atoms with E-state index in [1.807, 2.05) is 54.6 Å². The third-order valence-corrected chi connectivity index (χ3v) is 7.07. The number of benzene rings is 3. The molecule has 3 aromatic rings. The van der Waals surface area contributed by atoms with Gasteiger partial charge in [0, 0.05) is 10.7 Å². The Kier molecular flexibility index (Phi) is 9.10. The van der Waals surface area contributed by atoms with Crippen molar-refractivity contribution < 1.29 is 28.7 Å². The SMILES string of the molecule is CCOc1cc(/C=C2\C(=O)NC(=O)N(c3cccc(Cl)c3)C2=O)cc(I)c1OCC(=O)Nc1cccc(C)c1C. The van der Waals surface area contributed by atoms with Gasteiger partial charge in [-0.2, -0.15) is 0 Å². The summed E-state index contributed by atoms with van der Waals surface area (Å²) in [6.45, 7) is 5.73. The molecule has 40 heavy (non-hydrogen) atoms. The van der Waals surface area contributed by atoms with Crippen molar-refractivity contribution >= 4 is 75.4 Å². The first-order valence-corrected chi connectivity index (χ1v) is 13.7. The minimum Gasteiger partial charge on any atom is -0.490 e. The average molecular weight is 674 g/mol. The Balaban J connectivity index is 1.58. The van der Waals surface area contributed by atoms with Crippen molar-refractivity contribution in [2.45, 2.75) is 20.8 Å². The summed E-state index contributed by atoms with van der Waals surface area (Å²) in [5.41, 5.74) is 3.16. The van der Waals surface area contributed by atoms with Crippen LogP contribution in [0.2, 0.25) is 5.02 Å². The predicted octanol–water partition coefficient (Wildman–Crippen LogP) is 5.64. The summed E-state index contributed by atoms with van der Waals surface area (Å²) < 4.78 is 12.2. The van der Waals surface area contributed by atoms with E-state index in [1.54, 1.807) is 31.2 Å². The number of carbonyl (C=O) groups is 4.